The van der Waals surface area contributed by atoms with E-state index in [4.69, 9.17) is 9.47 Å². The van der Waals surface area contributed by atoms with Crippen molar-refractivity contribution in [1.29, 1.82) is 0 Å². The van der Waals surface area contributed by atoms with E-state index in [2.05, 4.69) is 9.97 Å². The number of rotatable bonds is 4. The smallest absolute Gasteiger partial charge is 0.336 e. The Morgan fingerprint density at radius 3 is 2.00 bits per heavy atom. The third-order valence-corrected chi connectivity index (χ3v) is 6.74. The average Bonchev–Trinajstić information content (AvgIpc) is 3.48. The maximum atomic E-state index is 13.3. The van der Waals surface area contributed by atoms with Crippen molar-refractivity contribution < 1.29 is 38.1 Å². The highest BCUT2D eigenvalue weighted by molar-refractivity contribution is 6.04. The van der Waals surface area contributed by atoms with Gasteiger partial charge in [0, 0.05) is 28.0 Å². The van der Waals surface area contributed by atoms with E-state index >= 15 is 0 Å². The molecule has 3 heterocycles. The van der Waals surface area contributed by atoms with E-state index in [9.17, 15) is 28.6 Å². The Balaban J connectivity index is 0.000000153. The van der Waals surface area contributed by atoms with Gasteiger partial charge in [-0.15, -0.1) is 0 Å². The van der Waals surface area contributed by atoms with E-state index in [-0.39, 0.29) is 29.2 Å². The number of hydrogen-bond donors (Lipinski definition) is 2. The molecule has 1 aliphatic rings. The second-order valence-electron chi connectivity index (χ2n) is 9.48. The van der Waals surface area contributed by atoms with Crippen LogP contribution in [0, 0.1) is 11.6 Å². The topological polar surface area (TPSA) is 119 Å². The van der Waals surface area contributed by atoms with Gasteiger partial charge in [0.15, 0.2) is 11.5 Å². The molecule has 0 bridgehead atoms. The lowest BCUT2D eigenvalue weighted by atomic mass is 10.0. The van der Waals surface area contributed by atoms with Gasteiger partial charge in [0.2, 0.25) is 6.79 Å². The first-order valence-electron chi connectivity index (χ1n) is 12.9. The molecule has 0 unspecified atom stereocenters. The maximum Gasteiger partial charge on any atom is 0.336 e. The van der Waals surface area contributed by atoms with Gasteiger partial charge in [-0.1, -0.05) is 24.3 Å². The molecule has 0 radical (unpaired) electrons. The fourth-order valence-corrected chi connectivity index (χ4v) is 4.76. The van der Waals surface area contributed by atoms with E-state index < -0.39 is 23.6 Å². The molecule has 2 aromatic heterocycles. The Kier molecular flexibility index (Phi) is 7.09. The van der Waals surface area contributed by atoms with Gasteiger partial charge in [0.25, 0.3) is 0 Å². The Morgan fingerprint density at radius 1 is 0.605 bits per heavy atom. The second kappa shape index (κ2) is 11.2. The summed E-state index contributed by atoms with van der Waals surface area (Å²) >= 11 is 0. The Morgan fingerprint density at radius 2 is 1.26 bits per heavy atom. The number of fused-ring (bicyclic) bond motifs is 3. The number of benzene rings is 4. The fourth-order valence-electron chi connectivity index (χ4n) is 4.76. The third kappa shape index (κ3) is 5.53. The number of para-hydroxylation sites is 1. The van der Waals surface area contributed by atoms with Crippen molar-refractivity contribution in [2.24, 2.45) is 0 Å². The van der Waals surface area contributed by atoms with Gasteiger partial charge in [-0.3, -0.25) is 0 Å². The molecule has 4 aromatic carbocycles. The highest BCUT2D eigenvalue weighted by atomic mass is 19.1. The average molecular weight is 579 g/mol. The molecule has 0 spiro atoms. The van der Waals surface area contributed by atoms with E-state index in [1.165, 1.54) is 6.07 Å². The second-order valence-corrected chi connectivity index (χ2v) is 9.48. The highest BCUT2D eigenvalue weighted by Gasteiger charge is 2.16. The number of pyridine rings is 2. The summed E-state index contributed by atoms with van der Waals surface area (Å²) in [5.41, 5.74) is 3.46. The van der Waals surface area contributed by atoms with Crippen molar-refractivity contribution in [3.05, 3.63) is 120 Å². The van der Waals surface area contributed by atoms with Gasteiger partial charge < -0.3 is 19.7 Å². The summed E-state index contributed by atoms with van der Waals surface area (Å²) < 4.78 is 37.3. The fraction of sp³-hybridized carbons (Fsp3) is 0.0303. The van der Waals surface area contributed by atoms with Crippen LogP contribution in [0.3, 0.4) is 0 Å². The first-order valence-corrected chi connectivity index (χ1v) is 12.9. The van der Waals surface area contributed by atoms with Crippen molar-refractivity contribution >= 4 is 33.7 Å². The van der Waals surface area contributed by atoms with Gasteiger partial charge >= 0.3 is 11.9 Å². The van der Waals surface area contributed by atoms with Gasteiger partial charge in [-0.2, -0.15) is 0 Å². The van der Waals surface area contributed by atoms with Crippen LogP contribution in [-0.4, -0.2) is 38.9 Å². The van der Waals surface area contributed by atoms with Crippen LogP contribution in [0.2, 0.25) is 0 Å². The number of carbonyl (C=O) groups is 2. The molecular weight excluding hydrogens is 558 g/mol. The van der Waals surface area contributed by atoms with Crippen molar-refractivity contribution in [3.63, 3.8) is 0 Å². The first kappa shape index (κ1) is 27.3. The van der Waals surface area contributed by atoms with Crippen LogP contribution in [0.1, 0.15) is 20.7 Å². The lowest BCUT2D eigenvalue weighted by Gasteiger charge is -2.07. The molecule has 6 aromatic rings. The molecule has 10 heteroatoms. The van der Waals surface area contributed by atoms with Gasteiger partial charge in [0.1, 0.15) is 11.6 Å². The number of aromatic nitrogens is 2. The van der Waals surface area contributed by atoms with Crippen LogP contribution in [0.5, 0.6) is 11.5 Å². The quantitative estimate of drug-likeness (QED) is 0.225. The molecule has 0 saturated heterocycles. The Bertz CT molecular complexity index is 2040. The predicted octanol–water partition coefficient (Wildman–Crippen LogP) is 7.21. The number of aromatic carboxylic acids is 2. The molecule has 0 amide bonds. The molecule has 43 heavy (non-hydrogen) atoms. The lowest BCUT2D eigenvalue weighted by Crippen LogP contribution is -2.00. The summed E-state index contributed by atoms with van der Waals surface area (Å²) in [5.74, 6) is -2.14. The van der Waals surface area contributed by atoms with Crippen LogP contribution >= 0.6 is 0 Å². The zero-order valence-electron chi connectivity index (χ0n) is 22.1. The summed E-state index contributed by atoms with van der Waals surface area (Å²) in [7, 11) is 0. The van der Waals surface area contributed by atoms with Crippen LogP contribution in [0.25, 0.3) is 44.3 Å². The van der Waals surface area contributed by atoms with Crippen molar-refractivity contribution in [3.8, 4) is 34.0 Å². The number of carboxylic acids is 2. The van der Waals surface area contributed by atoms with E-state index in [1.54, 1.807) is 48.5 Å². The Labute approximate surface area is 242 Å². The highest BCUT2D eigenvalue weighted by Crippen LogP contribution is 2.36. The number of carboxylic acid groups (broad SMARTS) is 2. The monoisotopic (exact) mass is 578 g/mol. The number of hydrogen-bond acceptors (Lipinski definition) is 6. The largest absolute Gasteiger partial charge is 0.478 e. The minimum atomic E-state index is -1.12. The number of halogens is 2. The van der Waals surface area contributed by atoms with Crippen LogP contribution < -0.4 is 9.47 Å². The summed E-state index contributed by atoms with van der Waals surface area (Å²) in [6.07, 6.45) is 0. The minimum Gasteiger partial charge on any atom is -0.478 e. The molecule has 212 valence electrons. The zero-order chi connectivity index (χ0) is 30.1. The maximum absolute atomic E-state index is 13.3. The summed E-state index contributed by atoms with van der Waals surface area (Å²) in [6.45, 7) is 0.228. The molecule has 0 aliphatic carbocycles. The third-order valence-electron chi connectivity index (χ3n) is 6.74. The van der Waals surface area contributed by atoms with Crippen LogP contribution in [0.15, 0.2) is 97.1 Å². The standard InChI is InChI=1S/C17H11NO4.C16H9F2NO2/c19-17(20)12-2-1-3-14-11(12)5-6-13(18-14)10-4-7-15-16(8-10)22-9-21-15;17-10-5-9(6-11(18)7-10)15-8-13(16(20)21)12-3-1-2-4-14(12)19-15/h1-8H,9H2,(H,19,20);1-8H,(H,20,21). The van der Waals surface area contributed by atoms with E-state index in [1.807, 2.05) is 24.3 Å². The molecular formula is C33H20F2N2O6. The number of ether oxygens (including phenoxy) is 2. The number of nitrogens with zero attached hydrogens (tertiary/aromatic N) is 2. The van der Waals surface area contributed by atoms with Crippen molar-refractivity contribution in [2.45, 2.75) is 0 Å². The Hall–Kier alpha value is -5.90. The minimum absolute atomic E-state index is 0.0419. The molecule has 0 atom stereocenters. The SMILES string of the molecule is O=C(O)c1cc(-c2cc(F)cc(F)c2)nc2ccccc12.O=C(O)c1cccc2nc(-c3ccc4c(c3)OCO4)ccc12. The molecule has 1 aliphatic heterocycles. The predicted molar refractivity (Wildman–Crippen MR) is 154 cm³/mol. The molecule has 8 nitrogen and oxygen atoms in total. The molecule has 7 rings (SSSR count). The molecule has 2 N–H and O–H groups in total. The van der Waals surface area contributed by atoms with Crippen molar-refractivity contribution in [2.75, 3.05) is 6.79 Å². The normalized spacial score (nSPS) is 11.7. The lowest BCUT2D eigenvalue weighted by molar-refractivity contribution is 0.0688. The van der Waals surface area contributed by atoms with E-state index in [0.29, 0.717) is 27.6 Å². The summed E-state index contributed by atoms with van der Waals surface area (Å²) in [4.78, 5) is 31.4. The molecule has 0 fully saturated rings. The van der Waals surface area contributed by atoms with Crippen LogP contribution in [-0.2, 0) is 0 Å². The van der Waals surface area contributed by atoms with Gasteiger partial charge in [-0.25, -0.2) is 28.3 Å². The van der Waals surface area contributed by atoms with Crippen molar-refractivity contribution in [1.82, 2.24) is 9.97 Å². The van der Waals surface area contributed by atoms with Crippen LogP contribution in [0.4, 0.5) is 8.78 Å². The zero-order valence-corrected chi connectivity index (χ0v) is 22.1. The van der Waals surface area contributed by atoms with Gasteiger partial charge in [0.05, 0.1) is 33.5 Å². The van der Waals surface area contributed by atoms with Gasteiger partial charge in [-0.05, 0) is 66.7 Å². The van der Waals surface area contributed by atoms with E-state index in [0.717, 1.165) is 35.2 Å². The summed E-state index contributed by atoms with van der Waals surface area (Å²) in [6, 6.07) is 25.3. The summed E-state index contributed by atoms with van der Waals surface area (Å²) in [5, 5.41) is 19.6. The first-order chi connectivity index (χ1) is 20.8. The molecule has 0 saturated carbocycles.